The van der Waals surface area contributed by atoms with Gasteiger partial charge in [-0.2, -0.15) is 0 Å². The van der Waals surface area contributed by atoms with Crippen LogP contribution in [0.3, 0.4) is 0 Å². The summed E-state index contributed by atoms with van der Waals surface area (Å²) in [5.74, 6) is 0.223. The Hall–Kier alpha value is -1.55. The van der Waals surface area contributed by atoms with Crippen LogP contribution in [0.15, 0.2) is 24.3 Å². The third-order valence-corrected chi connectivity index (χ3v) is 4.50. The molecule has 0 spiro atoms. The fourth-order valence-corrected chi connectivity index (χ4v) is 3.15. The van der Waals surface area contributed by atoms with E-state index < -0.39 is 0 Å². The fourth-order valence-electron chi connectivity index (χ4n) is 3.15. The molecule has 0 heterocycles. The van der Waals surface area contributed by atoms with Crippen LogP contribution in [0.2, 0.25) is 0 Å². The standard InChI is InChI=1S/C18H28N2O2/c1-14-6-5-7-15(12-14)10-11-19-18(22)20(2)13-16-8-3-4-9-17(16)21/h5-7,12,16-17,21H,3-4,8-11,13H2,1-2H3,(H,19,22). The SMILES string of the molecule is Cc1cccc(CCNC(=O)N(C)CC2CCCCC2O)c1. The van der Waals surface area contributed by atoms with Crippen molar-refractivity contribution in [3.8, 4) is 0 Å². The third kappa shape index (κ3) is 5.02. The summed E-state index contributed by atoms with van der Waals surface area (Å²) in [6.07, 6.45) is 4.73. The van der Waals surface area contributed by atoms with Gasteiger partial charge in [-0.3, -0.25) is 0 Å². The maximum atomic E-state index is 12.1. The van der Waals surface area contributed by atoms with Gasteiger partial charge in [-0.05, 0) is 31.7 Å². The fraction of sp³-hybridized carbons (Fsp3) is 0.611. The molecule has 22 heavy (non-hydrogen) atoms. The molecule has 0 bridgehead atoms. The summed E-state index contributed by atoms with van der Waals surface area (Å²) in [5, 5.41) is 13.0. The van der Waals surface area contributed by atoms with E-state index in [1.54, 1.807) is 4.90 Å². The second kappa shape index (κ2) is 8.18. The highest BCUT2D eigenvalue weighted by Crippen LogP contribution is 2.24. The maximum Gasteiger partial charge on any atom is 0.317 e. The van der Waals surface area contributed by atoms with Gasteiger partial charge in [-0.1, -0.05) is 42.7 Å². The predicted octanol–water partition coefficient (Wildman–Crippen LogP) is 2.73. The van der Waals surface area contributed by atoms with Crippen LogP contribution in [0.25, 0.3) is 0 Å². The zero-order valence-electron chi connectivity index (χ0n) is 13.7. The van der Waals surface area contributed by atoms with Crippen molar-refractivity contribution in [2.24, 2.45) is 5.92 Å². The van der Waals surface area contributed by atoms with E-state index in [-0.39, 0.29) is 18.1 Å². The summed E-state index contributed by atoms with van der Waals surface area (Å²) >= 11 is 0. The largest absolute Gasteiger partial charge is 0.393 e. The smallest absolute Gasteiger partial charge is 0.317 e. The summed E-state index contributed by atoms with van der Waals surface area (Å²) < 4.78 is 0. The maximum absolute atomic E-state index is 12.1. The number of rotatable bonds is 5. The molecule has 0 radical (unpaired) electrons. The summed E-state index contributed by atoms with van der Waals surface area (Å²) in [6.45, 7) is 3.35. The summed E-state index contributed by atoms with van der Waals surface area (Å²) in [6, 6.07) is 8.30. The van der Waals surface area contributed by atoms with Gasteiger partial charge in [0.2, 0.25) is 0 Å². The number of amides is 2. The molecule has 2 amide bonds. The third-order valence-electron chi connectivity index (χ3n) is 4.50. The number of aliphatic hydroxyl groups is 1. The van der Waals surface area contributed by atoms with Crippen LogP contribution in [-0.2, 0) is 6.42 Å². The zero-order valence-corrected chi connectivity index (χ0v) is 13.7. The van der Waals surface area contributed by atoms with Crippen molar-refractivity contribution in [2.45, 2.75) is 45.1 Å². The molecule has 4 heteroatoms. The number of aryl methyl sites for hydroxylation is 1. The highest BCUT2D eigenvalue weighted by atomic mass is 16.3. The quantitative estimate of drug-likeness (QED) is 0.879. The van der Waals surface area contributed by atoms with Gasteiger partial charge in [-0.15, -0.1) is 0 Å². The molecular formula is C18H28N2O2. The lowest BCUT2D eigenvalue weighted by Crippen LogP contribution is -2.43. The van der Waals surface area contributed by atoms with E-state index in [1.165, 1.54) is 11.1 Å². The first kappa shape index (κ1) is 16.8. The number of aliphatic hydroxyl groups excluding tert-OH is 1. The molecule has 2 N–H and O–H groups in total. The minimum absolute atomic E-state index is 0.0505. The molecule has 2 atom stereocenters. The molecule has 0 aromatic heterocycles. The highest BCUT2D eigenvalue weighted by Gasteiger charge is 2.25. The average Bonchev–Trinajstić information content (AvgIpc) is 2.49. The van der Waals surface area contributed by atoms with Crippen molar-refractivity contribution >= 4 is 6.03 Å². The molecule has 4 nitrogen and oxygen atoms in total. The minimum atomic E-state index is -0.253. The van der Waals surface area contributed by atoms with Gasteiger partial charge in [0.05, 0.1) is 6.10 Å². The Morgan fingerprint density at radius 3 is 2.86 bits per heavy atom. The highest BCUT2D eigenvalue weighted by molar-refractivity contribution is 5.73. The van der Waals surface area contributed by atoms with Gasteiger partial charge in [-0.25, -0.2) is 4.79 Å². The number of urea groups is 1. The van der Waals surface area contributed by atoms with Crippen molar-refractivity contribution in [2.75, 3.05) is 20.1 Å². The number of hydrogen-bond donors (Lipinski definition) is 2. The summed E-state index contributed by atoms with van der Waals surface area (Å²) in [5.41, 5.74) is 2.48. The van der Waals surface area contributed by atoms with Gasteiger partial charge in [0.15, 0.2) is 0 Å². The second-order valence-corrected chi connectivity index (χ2v) is 6.46. The van der Waals surface area contributed by atoms with E-state index in [1.807, 2.05) is 13.1 Å². The van der Waals surface area contributed by atoms with Crippen LogP contribution < -0.4 is 5.32 Å². The van der Waals surface area contributed by atoms with Crippen LogP contribution in [0.4, 0.5) is 4.79 Å². The van der Waals surface area contributed by atoms with Crippen LogP contribution in [0, 0.1) is 12.8 Å². The number of nitrogens with zero attached hydrogens (tertiary/aromatic N) is 1. The normalized spacial score (nSPS) is 21.4. The monoisotopic (exact) mass is 304 g/mol. The van der Waals surface area contributed by atoms with E-state index in [0.717, 1.165) is 32.1 Å². The Balaban J connectivity index is 1.72. The van der Waals surface area contributed by atoms with Gasteiger partial charge in [0, 0.05) is 26.1 Å². The van der Waals surface area contributed by atoms with Crippen molar-refractivity contribution in [1.29, 1.82) is 0 Å². The van der Waals surface area contributed by atoms with Crippen molar-refractivity contribution < 1.29 is 9.90 Å². The number of hydrogen-bond acceptors (Lipinski definition) is 2. The molecule has 1 aromatic rings. The Labute approximate surface area is 133 Å². The summed E-state index contributed by atoms with van der Waals surface area (Å²) in [4.78, 5) is 13.8. The molecule has 1 aliphatic carbocycles. The minimum Gasteiger partial charge on any atom is -0.393 e. The lowest BCUT2D eigenvalue weighted by Gasteiger charge is -2.31. The van der Waals surface area contributed by atoms with E-state index in [2.05, 4.69) is 30.4 Å². The van der Waals surface area contributed by atoms with Crippen LogP contribution in [0.1, 0.15) is 36.8 Å². The second-order valence-electron chi connectivity index (χ2n) is 6.46. The van der Waals surface area contributed by atoms with Gasteiger partial charge >= 0.3 is 6.03 Å². The van der Waals surface area contributed by atoms with Gasteiger partial charge < -0.3 is 15.3 Å². The molecular weight excluding hydrogens is 276 g/mol. The van der Waals surface area contributed by atoms with E-state index in [4.69, 9.17) is 0 Å². The van der Waals surface area contributed by atoms with Gasteiger partial charge in [0.25, 0.3) is 0 Å². The topological polar surface area (TPSA) is 52.6 Å². The number of nitrogens with one attached hydrogen (secondary N) is 1. The molecule has 0 aliphatic heterocycles. The molecule has 2 rings (SSSR count). The number of benzene rings is 1. The molecule has 1 fully saturated rings. The van der Waals surface area contributed by atoms with Crippen molar-refractivity contribution in [3.05, 3.63) is 35.4 Å². The number of carbonyl (C=O) groups excluding carboxylic acids is 1. The average molecular weight is 304 g/mol. The molecule has 1 aliphatic rings. The van der Waals surface area contributed by atoms with E-state index in [9.17, 15) is 9.90 Å². The molecule has 1 saturated carbocycles. The van der Waals surface area contributed by atoms with Crippen molar-refractivity contribution in [1.82, 2.24) is 10.2 Å². The van der Waals surface area contributed by atoms with E-state index in [0.29, 0.717) is 13.1 Å². The van der Waals surface area contributed by atoms with E-state index >= 15 is 0 Å². The molecule has 2 unspecified atom stereocenters. The molecule has 122 valence electrons. The Morgan fingerprint density at radius 1 is 1.36 bits per heavy atom. The first-order valence-electron chi connectivity index (χ1n) is 8.29. The Kier molecular flexibility index (Phi) is 6.25. The first-order valence-corrected chi connectivity index (χ1v) is 8.29. The zero-order chi connectivity index (χ0) is 15.9. The lowest BCUT2D eigenvalue weighted by atomic mass is 9.86. The van der Waals surface area contributed by atoms with Crippen LogP contribution in [0.5, 0.6) is 0 Å². The number of carbonyl (C=O) groups is 1. The Morgan fingerprint density at radius 2 is 2.14 bits per heavy atom. The molecule has 1 aromatic carbocycles. The van der Waals surface area contributed by atoms with Crippen LogP contribution >= 0.6 is 0 Å². The predicted molar refractivity (Wildman–Crippen MR) is 88.9 cm³/mol. The molecule has 0 saturated heterocycles. The Bertz CT molecular complexity index is 490. The van der Waals surface area contributed by atoms with Gasteiger partial charge in [0.1, 0.15) is 0 Å². The lowest BCUT2D eigenvalue weighted by molar-refractivity contribution is 0.0565. The van der Waals surface area contributed by atoms with Crippen LogP contribution in [-0.4, -0.2) is 42.3 Å². The summed E-state index contributed by atoms with van der Waals surface area (Å²) in [7, 11) is 1.81. The van der Waals surface area contributed by atoms with Crippen molar-refractivity contribution in [3.63, 3.8) is 0 Å². The first-order chi connectivity index (χ1) is 10.6.